The molecule has 2 rings (SSSR count). The van der Waals surface area contributed by atoms with Crippen LogP contribution in [0.4, 0.5) is 11.8 Å². The minimum absolute atomic E-state index is 0.521. The maximum atomic E-state index is 6.05. The Balaban J connectivity index is 2.06. The zero-order valence-electron chi connectivity index (χ0n) is 10.2. The molecule has 18 heavy (non-hydrogen) atoms. The molecule has 0 fully saturated rings. The molecule has 2 N–H and O–H groups in total. The Hall–Kier alpha value is -1.81. The Morgan fingerprint density at radius 2 is 1.94 bits per heavy atom. The maximum Gasteiger partial charge on any atom is 0.224 e. The summed E-state index contributed by atoms with van der Waals surface area (Å²) >= 11 is 6.05. The molecule has 0 unspecified atom stereocenters. The van der Waals surface area contributed by atoms with E-state index < -0.39 is 0 Å². The lowest BCUT2D eigenvalue weighted by Gasteiger charge is -2.09. The molecule has 0 radical (unpaired) electrons. The largest absolute Gasteiger partial charge is 0.365 e. The van der Waals surface area contributed by atoms with E-state index in [-0.39, 0.29) is 0 Å². The smallest absolute Gasteiger partial charge is 0.224 e. The highest BCUT2D eigenvalue weighted by molar-refractivity contribution is 6.32. The fourth-order valence-corrected chi connectivity index (χ4v) is 1.67. The van der Waals surface area contributed by atoms with Crippen LogP contribution >= 0.6 is 11.6 Å². The molecule has 0 amide bonds. The highest BCUT2D eigenvalue weighted by Crippen LogP contribution is 2.19. The van der Waals surface area contributed by atoms with E-state index in [9.17, 15) is 0 Å². The van der Waals surface area contributed by atoms with Crippen molar-refractivity contribution in [3.05, 3.63) is 47.1 Å². The van der Waals surface area contributed by atoms with E-state index in [4.69, 9.17) is 11.6 Å². The number of nitrogens with zero attached hydrogens (tertiary/aromatic N) is 2. The van der Waals surface area contributed by atoms with Crippen LogP contribution in [0.3, 0.4) is 0 Å². The van der Waals surface area contributed by atoms with Crippen molar-refractivity contribution in [1.82, 2.24) is 9.97 Å². The van der Waals surface area contributed by atoms with Gasteiger partial charge in [-0.1, -0.05) is 41.9 Å². The summed E-state index contributed by atoms with van der Waals surface area (Å²) in [6.45, 7) is 3.46. The number of hydrogen-bond acceptors (Lipinski definition) is 4. The van der Waals surface area contributed by atoms with Gasteiger partial charge in [-0.15, -0.1) is 0 Å². The third-order valence-electron chi connectivity index (χ3n) is 2.38. The summed E-state index contributed by atoms with van der Waals surface area (Å²) in [5.74, 6) is 1.23. The lowest BCUT2D eigenvalue weighted by molar-refractivity contribution is 1.05. The average Bonchev–Trinajstić information content (AvgIpc) is 2.41. The third-order valence-corrected chi connectivity index (χ3v) is 2.66. The normalized spacial score (nSPS) is 10.1. The van der Waals surface area contributed by atoms with Gasteiger partial charge in [0.05, 0.1) is 6.20 Å². The van der Waals surface area contributed by atoms with E-state index in [1.165, 1.54) is 5.56 Å². The number of rotatable bonds is 5. The van der Waals surface area contributed by atoms with E-state index >= 15 is 0 Å². The Bertz CT molecular complexity index is 502. The van der Waals surface area contributed by atoms with Crippen molar-refractivity contribution in [2.45, 2.75) is 13.5 Å². The lowest BCUT2D eigenvalue weighted by atomic mass is 10.2. The van der Waals surface area contributed by atoms with Crippen molar-refractivity contribution >= 4 is 23.4 Å². The van der Waals surface area contributed by atoms with E-state index in [2.05, 4.69) is 20.6 Å². The SMILES string of the molecule is CCNc1ncc(Cl)c(NCc2ccccc2)n1. The standard InChI is InChI=1S/C13H15ClN4/c1-2-15-13-17-9-11(14)12(18-13)16-8-10-6-4-3-5-7-10/h3-7,9H,2,8H2,1H3,(H2,15,16,17,18). The summed E-state index contributed by atoms with van der Waals surface area (Å²) < 4.78 is 0. The second-order valence-electron chi connectivity index (χ2n) is 3.76. The molecule has 0 saturated carbocycles. The molecule has 0 aliphatic heterocycles. The molecule has 0 atom stereocenters. The van der Waals surface area contributed by atoms with Crippen LogP contribution in [-0.2, 0) is 6.54 Å². The Labute approximate surface area is 111 Å². The van der Waals surface area contributed by atoms with Crippen molar-refractivity contribution < 1.29 is 0 Å². The van der Waals surface area contributed by atoms with Gasteiger partial charge in [-0.2, -0.15) is 4.98 Å². The summed E-state index contributed by atoms with van der Waals surface area (Å²) in [5.41, 5.74) is 1.18. The summed E-state index contributed by atoms with van der Waals surface area (Å²) in [6.07, 6.45) is 1.60. The molecule has 2 aromatic rings. The third kappa shape index (κ3) is 3.34. The molecular formula is C13H15ClN4. The van der Waals surface area contributed by atoms with Crippen LogP contribution < -0.4 is 10.6 Å². The molecule has 1 aromatic carbocycles. The Kier molecular flexibility index (Phi) is 4.36. The van der Waals surface area contributed by atoms with Crippen molar-refractivity contribution in [1.29, 1.82) is 0 Å². The summed E-state index contributed by atoms with van der Waals surface area (Å²) in [7, 11) is 0. The summed E-state index contributed by atoms with van der Waals surface area (Å²) in [5, 5.41) is 6.78. The zero-order valence-corrected chi connectivity index (χ0v) is 10.9. The van der Waals surface area contributed by atoms with Crippen LogP contribution in [-0.4, -0.2) is 16.5 Å². The Morgan fingerprint density at radius 1 is 1.17 bits per heavy atom. The number of nitrogens with one attached hydrogen (secondary N) is 2. The van der Waals surface area contributed by atoms with Gasteiger partial charge < -0.3 is 10.6 Å². The van der Waals surface area contributed by atoms with E-state index in [0.717, 1.165) is 6.54 Å². The second-order valence-corrected chi connectivity index (χ2v) is 4.17. The van der Waals surface area contributed by atoms with Gasteiger partial charge in [-0.3, -0.25) is 0 Å². The van der Waals surface area contributed by atoms with Crippen molar-refractivity contribution in [3.63, 3.8) is 0 Å². The molecule has 0 bridgehead atoms. The van der Waals surface area contributed by atoms with Gasteiger partial charge in [-0.05, 0) is 12.5 Å². The maximum absolute atomic E-state index is 6.05. The van der Waals surface area contributed by atoms with Gasteiger partial charge in [0, 0.05) is 13.1 Å². The van der Waals surface area contributed by atoms with Gasteiger partial charge >= 0.3 is 0 Å². The molecule has 0 aliphatic carbocycles. The van der Waals surface area contributed by atoms with Crippen molar-refractivity contribution in [3.8, 4) is 0 Å². The first-order valence-electron chi connectivity index (χ1n) is 5.84. The number of aromatic nitrogens is 2. The van der Waals surface area contributed by atoms with E-state index in [1.54, 1.807) is 6.20 Å². The van der Waals surface area contributed by atoms with Crippen LogP contribution in [0.1, 0.15) is 12.5 Å². The first-order chi connectivity index (χ1) is 8.79. The number of hydrogen-bond donors (Lipinski definition) is 2. The van der Waals surface area contributed by atoms with E-state index in [0.29, 0.717) is 23.3 Å². The summed E-state index contributed by atoms with van der Waals surface area (Å²) in [6, 6.07) is 10.1. The molecule has 5 heteroatoms. The second kappa shape index (κ2) is 6.21. The minimum atomic E-state index is 0.521. The average molecular weight is 263 g/mol. The first kappa shape index (κ1) is 12.6. The van der Waals surface area contributed by atoms with Crippen LogP contribution in [0.25, 0.3) is 0 Å². The summed E-state index contributed by atoms with van der Waals surface area (Å²) in [4.78, 5) is 8.40. The first-order valence-corrected chi connectivity index (χ1v) is 6.21. The van der Waals surface area contributed by atoms with Gasteiger partial charge in [0.2, 0.25) is 5.95 Å². The molecule has 94 valence electrons. The van der Waals surface area contributed by atoms with Gasteiger partial charge in [0.25, 0.3) is 0 Å². The Morgan fingerprint density at radius 3 is 2.67 bits per heavy atom. The van der Waals surface area contributed by atoms with E-state index in [1.807, 2.05) is 37.3 Å². The number of anilines is 2. The lowest BCUT2D eigenvalue weighted by Crippen LogP contribution is -2.06. The highest BCUT2D eigenvalue weighted by atomic mass is 35.5. The molecule has 0 aliphatic rings. The molecule has 4 nitrogen and oxygen atoms in total. The topological polar surface area (TPSA) is 49.8 Å². The fraction of sp³-hybridized carbons (Fsp3) is 0.231. The quantitative estimate of drug-likeness (QED) is 0.869. The molecular weight excluding hydrogens is 248 g/mol. The van der Waals surface area contributed by atoms with Crippen LogP contribution in [0.5, 0.6) is 0 Å². The van der Waals surface area contributed by atoms with Gasteiger partial charge in [0.1, 0.15) is 5.02 Å². The molecule has 1 heterocycles. The minimum Gasteiger partial charge on any atom is -0.365 e. The zero-order chi connectivity index (χ0) is 12.8. The molecule has 0 spiro atoms. The number of halogens is 1. The molecule has 0 saturated heterocycles. The monoisotopic (exact) mass is 262 g/mol. The van der Waals surface area contributed by atoms with Crippen LogP contribution in [0.15, 0.2) is 36.5 Å². The van der Waals surface area contributed by atoms with Crippen LogP contribution in [0, 0.1) is 0 Å². The molecule has 1 aromatic heterocycles. The van der Waals surface area contributed by atoms with Gasteiger partial charge in [0.15, 0.2) is 5.82 Å². The predicted molar refractivity (Wildman–Crippen MR) is 75.0 cm³/mol. The fourth-order valence-electron chi connectivity index (χ4n) is 1.52. The number of benzene rings is 1. The predicted octanol–water partition coefficient (Wildman–Crippen LogP) is 3.17. The highest BCUT2D eigenvalue weighted by Gasteiger charge is 2.04. The van der Waals surface area contributed by atoms with Gasteiger partial charge in [-0.25, -0.2) is 4.98 Å². The van der Waals surface area contributed by atoms with Crippen molar-refractivity contribution in [2.75, 3.05) is 17.2 Å². The van der Waals surface area contributed by atoms with Crippen molar-refractivity contribution in [2.24, 2.45) is 0 Å². The van der Waals surface area contributed by atoms with Crippen LogP contribution in [0.2, 0.25) is 5.02 Å².